The zero-order chi connectivity index (χ0) is 20.4. The lowest BCUT2D eigenvalue weighted by Crippen LogP contribution is -2.19. The topological polar surface area (TPSA) is 102 Å². The molecule has 27 heavy (non-hydrogen) atoms. The summed E-state index contributed by atoms with van der Waals surface area (Å²) in [5.74, 6) is -1.12. The molecule has 0 heterocycles. The van der Waals surface area contributed by atoms with Crippen LogP contribution in [0.2, 0.25) is 0 Å². The average molecular weight is 403 g/mol. The number of hydrogen-bond donors (Lipinski definition) is 2. The first-order valence-electron chi connectivity index (χ1n) is 7.38. The SMILES string of the molecule is CN(C)c1ccc(S(N)(=O)=O)cc1NC(=O)c1ccc(OC(F)(F)F)cc1. The van der Waals surface area contributed by atoms with Crippen molar-refractivity contribution in [3.05, 3.63) is 48.0 Å². The molecule has 2 aromatic rings. The fourth-order valence-corrected chi connectivity index (χ4v) is 2.72. The van der Waals surface area contributed by atoms with Crippen molar-refractivity contribution in [1.29, 1.82) is 0 Å². The van der Waals surface area contributed by atoms with Crippen molar-refractivity contribution in [3.8, 4) is 5.75 Å². The van der Waals surface area contributed by atoms with Crippen LogP contribution < -0.4 is 20.1 Å². The van der Waals surface area contributed by atoms with E-state index in [4.69, 9.17) is 5.14 Å². The third kappa shape index (κ3) is 5.59. The second-order valence-corrected chi connectivity index (χ2v) is 7.21. The van der Waals surface area contributed by atoms with Crippen LogP contribution in [0.5, 0.6) is 5.75 Å². The summed E-state index contributed by atoms with van der Waals surface area (Å²) in [4.78, 5) is 13.8. The lowest BCUT2D eigenvalue weighted by Gasteiger charge is -2.19. The summed E-state index contributed by atoms with van der Waals surface area (Å²) >= 11 is 0. The smallest absolute Gasteiger partial charge is 0.406 e. The van der Waals surface area contributed by atoms with Crippen LogP contribution in [0, 0.1) is 0 Å². The van der Waals surface area contributed by atoms with E-state index in [2.05, 4.69) is 10.1 Å². The van der Waals surface area contributed by atoms with Crippen LogP contribution in [0.1, 0.15) is 10.4 Å². The Morgan fingerprint density at radius 2 is 1.70 bits per heavy atom. The molecule has 0 radical (unpaired) electrons. The Morgan fingerprint density at radius 3 is 2.19 bits per heavy atom. The molecule has 0 saturated heterocycles. The molecule has 146 valence electrons. The minimum absolute atomic E-state index is 0.0511. The van der Waals surface area contributed by atoms with Crippen LogP contribution >= 0.6 is 0 Å². The number of alkyl halides is 3. The number of sulfonamides is 1. The summed E-state index contributed by atoms with van der Waals surface area (Å²) in [6, 6.07) is 8.25. The van der Waals surface area contributed by atoms with Crippen LogP contribution in [-0.2, 0) is 10.0 Å². The molecule has 2 rings (SSSR count). The van der Waals surface area contributed by atoms with Crippen LogP contribution in [0.25, 0.3) is 0 Å². The lowest BCUT2D eigenvalue weighted by molar-refractivity contribution is -0.274. The van der Waals surface area contributed by atoms with Gasteiger partial charge in [-0.25, -0.2) is 13.6 Å². The average Bonchev–Trinajstić information content (AvgIpc) is 2.52. The maximum Gasteiger partial charge on any atom is 0.573 e. The Balaban J connectivity index is 2.29. The first kappa shape index (κ1) is 20.5. The van der Waals surface area contributed by atoms with E-state index in [1.54, 1.807) is 19.0 Å². The molecule has 3 N–H and O–H groups in total. The maximum atomic E-state index is 12.4. The third-order valence-electron chi connectivity index (χ3n) is 3.38. The van der Waals surface area contributed by atoms with Crippen LogP contribution in [0.15, 0.2) is 47.4 Å². The number of carbonyl (C=O) groups excluding carboxylic acids is 1. The summed E-state index contributed by atoms with van der Waals surface area (Å²) in [5, 5.41) is 7.63. The molecule has 7 nitrogen and oxygen atoms in total. The summed E-state index contributed by atoms with van der Waals surface area (Å²) in [6.07, 6.45) is -4.83. The third-order valence-corrected chi connectivity index (χ3v) is 4.29. The molecule has 11 heteroatoms. The van der Waals surface area contributed by atoms with E-state index in [1.807, 2.05) is 0 Å². The van der Waals surface area contributed by atoms with Crippen molar-refractivity contribution >= 4 is 27.3 Å². The van der Waals surface area contributed by atoms with E-state index in [-0.39, 0.29) is 16.1 Å². The minimum Gasteiger partial charge on any atom is -0.406 e. The van der Waals surface area contributed by atoms with Gasteiger partial charge in [-0.15, -0.1) is 13.2 Å². The van der Waals surface area contributed by atoms with E-state index in [0.29, 0.717) is 5.69 Å². The van der Waals surface area contributed by atoms with Gasteiger partial charge in [0.15, 0.2) is 0 Å². The van der Waals surface area contributed by atoms with Crippen molar-refractivity contribution in [2.24, 2.45) is 5.14 Å². The number of nitrogens with two attached hydrogens (primary N) is 1. The van der Waals surface area contributed by atoms with Gasteiger partial charge >= 0.3 is 6.36 Å². The number of halogens is 3. The fourth-order valence-electron chi connectivity index (χ4n) is 2.18. The number of primary sulfonamides is 1. The molecule has 0 fully saturated rings. The normalized spacial score (nSPS) is 11.8. The molecule has 0 bridgehead atoms. The molecule has 0 aliphatic carbocycles. The first-order chi connectivity index (χ1) is 12.4. The van der Waals surface area contributed by atoms with Gasteiger partial charge in [0.25, 0.3) is 5.91 Å². The monoisotopic (exact) mass is 403 g/mol. The van der Waals surface area contributed by atoms with Gasteiger partial charge in [-0.05, 0) is 42.5 Å². The number of nitrogens with zero attached hydrogens (tertiary/aromatic N) is 1. The number of amides is 1. The Bertz CT molecular complexity index is 942. The molecule has 0 spiro atoms. The van der Waals surface area contributed by atoms with Crippen molar-refractivity contribution in [2.75, 3.05) is 24.3 Å². The van der Waals surface area contributed by atoms with Gasteiger partial charge in [0.2, 0.25) is 10.0 Å². The van der Waals surface area contributed by atoms with E-state index in [1.165, 1.54) is 18.2 Å². The second kappa shape index (κ2) is 7.45. The Hall–Kier alpha value is -2.79. The van der Waals surface area contributed by atoms with Crippen molar-refractivity contribution in [1.82, 2.24) is 0 Å². The summed E-state index contributed by atoms with van der Waals surface area (Å²) in [7, 11) is -0.613. The molecular weight excluding hydrogens is 387 g/mol. The van der Waals surface area contributed by atoms with E-state index < -0.39 is 28.0 Å². The quantitative estimate of drug-likeness (QED) is 0.799. The van der Waals surface area contributed by atoms with Crippen molar-refractivity contribution < 1.29 is 31.1 Å². The van der Waals surface area contributed by atoms with Gasteiger partial charge < -0.3 is 15.0 Å². The van der Waals surface area contributed by atoms with E-state index >= 15 is 0 Å². The molecule has 0 aromatic heterocycles. The van der Waals surface area contributed by atoms with Gasteiger partial charge in [0, 0.05) is 19.7 Å². The molecular formula is C16H16F3N3O4S. The van der Waals surface area contributed by atoms with Gasteiger partial charge in [-0.1, -0.05) is 0 Å². The van der Waals surface area contributed by atoms with Crippen LogP contribution in [0.3, 0.4) is 0 Å². The highest BCUT2D eigenvalue weighted by Crippen LogP contribution is 2.28. The maximum absolute atomic E-state index is 12.4. The van der Waals surface area contributed by atoms with Crippen molar-refractivity contribution in [3.63, 3.8) is 0 Å². The predicted molar refractivity (Wildman–Crippen MR) is 93.2 cm³/mol. The first-order valence-corrected chi connectivity index (χ1v) is 8.93. The molecule has 0 aliphatic heterocycles. The lowest BCUT2D eigenvalue weighted by atomic mass is 10.2. The van der Waals surface area contributed by atoms with E-state index in [9.17, 15) is 26.4 Å². The highest BCUT2D eigenvalue weighted by molar-refractivity contribution is 7.89. The Labute approximate surface area is 153 Å². The summed E-state index contributed by atoms with van der Waals surface area (Å²) < 4.78 is 63.3. The molecule has 0 atom stereocenters. The number of carbonyl (C=O) groups is 1. The largest absolute Gasteiger partial charge is 0.573 e. The van der Waals surface area contributed by atoms with Gasteiger partial charge in [-0.2, -0.15) is 0 Å². The number of ether oxygens (including phenoxy) is 1. The zero-order valence-electron chi connectivity index (χ0n) is 14.2. The number of rotatable bonds is 5. The van der Waals surface area contributed by atoms with Crippen LogP contribution in [0.4, 0.5) is 24.5 Å². The molecule has 2 aromatic carbocycles. The van der Waals surface area contributed by atoms with Gasteiger partial charge in [0.05, 0.1) is 16.3 Å². The number of benzene rings is 2. The molecule has 1 amide bonds. The molecule has 0 aliphatic rings. The second-order valence-electron chi connectivity index (χ2n) is 5.64. The molecule has 0 saturated carbocycles. The van der Waals surface area contributed by atoms with E-state index in [0.717, 1.165) is 24.3 Å². The highest BCUT2D eigenvalue weighted by Gasteiger charge is 2.31. The van der Waals surface area contributed by atoms with Crippen LogP contribution in [-0.4, -0.2) is 34.8 Å². The number of nitrogens with one attached hydrogen (secondary N) is 1. The van der Waals surface area contributed by atoms with Gasteiger partial charge in [-0.3, -0.25) is 4.79 Å². The number of anilines is 2. The highest BCUT2D eigenvalue weighted by atomic mass is 32.2. The minimum atomic E-state index is -4.83. The van der Waals surface area contributed by atoms with Crippen molar-refractivity contribution in [2.45, 2.75) is 11.3 Å². The Morgan fingerprint density at radius 1 is 1.11 bits per heavy atom. The van der Waals surface area contributed by atoms with Gasteiger partial charge in [0.1, 0.15) is 5.75 Å². The fraction of sp³-hybridized carbons (Fsp3) is 0.188. The number of hydrogen-bond acceptors (Lipinski definition) is 5. The standard InChI is InChI=1S/C16H16F3N3O4S/c1-22(2)14-8-7-12(27(20,24)25)9-13(14)21-15(23)10-3-5-11(6-4-10)26-16(17,18)19/h3-9H,1-2H3,(H,21,23)(H2,20,24,25). The molecule has 0 unspecified atom stereocenters. The zero-order valence-corrected chi connectivity index (χ0v) is 15.1. The predicted octanol–water partition coefficient (Wildman–Crippen LogP) is 2.55. The Kier molecular flexibility index (Phi) is 5.66. The summed E-state index contributed by atoms with van der Waals surface area (Å²) in [5.41, 5.74) is 0.732. The summed E-state index contributed by atoms with van der Waals surface area (Å²) in [6.45, 7) is 0.